The third-order valence-corrected chi connectivity index (χ3v) is 4.68. The molecule has 0 N–H and O–H groups in total. The van der Waals surface area contributed by atoms with Crippen LogP contribution >= 0.6 is 0 Å². The van der Waals surface area contributed by atoms with E-state index >= 15 is 0 Å². The summed E-state index contributed by atoms with van der Waals surface area (Å²) in [6.07, 6.45) is -8.64. The standard InChI is InChI=1S/C21H33BN2O4/c1-19(2,3)26-18(25)24-13-11-15(12-14-24)16-9-8-10-17(23-16)22-27-20(4,5)21(6,7)28-22/h8-10,15H,11-14H2,1-7H3/i11D2,12D2,13D2,14D2,15D. The number of piperidine rings is 1. The van der Waals surface area contributed by atoms with Gasteiger partial charge in [-0.1, -0.05) is 6.07 Å². The zero-order chi connectivity index (χ0) is 28.8. The molecule has 1 aromatic rings. The molecule has 0 aromatic carbocycles. The first kappa shape index (κ1) is 12.2. The van der Waals surface area contributed by atoms with Gasteiger partial charge < -0.3 is 18.9 Å². The number of ether oxygens (including phenoxy) is 1. The van der Waals surface area contributed by atoms with Crippen LogP contribution in [0.25, 0.3) is 0 Å². The molecule has 2 fully saturated rings. The molecule has 28 heavy (non-hydrogen) atoms. The Labute approximate surface area is 181 Å². The van der Waals surface area contributed by atoms with E-state index in [-0.39, 0.29) is 10.5 Å². The van der Waals surface area contributed by atoms with Crippen molar-refractivity contribution in [1.29, 1.82) is 0 Å². The van der Waals surface area contributed by atoms with Crippen LogP contribution in [0.5, 0.6) is 0 Å². The molecule has 1 amide bonds. The molecule has 0 atom stereocenters. The van der Waals surface area contributed by atoms with Crippen LogP contribution in [0.2, 0.25) is 0 Å². The average molecular weight is 397 g/mol. The van der Waals surface area contributed by atoms with Crippen LogP contribution in [0.1, 0.15) is 85.1 Å². The fourth-order valence-electron chi connectivity index (χ4n) is 2.50. The van der Waals surface area contributed by atoms with E-state index in [9.17, 15) is 4.79 Å². The Balaban J connectivity index is 2.19. The summed E-state index contributed by atoms with van der Waals surface area (Å²) < 4.78 is 94.7. The fourth-order valence-corrected chi connectivity index (χ4v) is 2.50. The fraction of sp³-hybridized carbons (Fsp3) is 0.714. The molecule has 154 valence electrons. The van der Waals surface area contributed by atoms with Crippen molar-refractivity contribution in [2.75, 3.05) is 13.0 Å². The van der Waals surface area contributed by atoms with Crippen molar-refractivity contribution in [3.8, 4) is 0 Å². The van der Waals surface area contributed by atoms with Gasteiger partial charge >= 0.3 is 13.2 Å². The molecule has 6 nitrogen and oxygen atoms in total. The number of amides is 1. The lowest BCUT2D eigenvalue weighted by Gasteiger charge is -2.33. The quantitative estimate of drug-likeness (QED) is 0.715. The summed E-state index contributed by atoms with van der Waals surface area (Å²) in [6.45, 7) is 4.48. The van der Waals surface area contributed by atoms with Crippen LogP contribution in [0.15, 0.2) is 18.2 Å². The number of rotatable bonds is 2. The average Bonchev–Trinajstić information content (AvgIpc) is 2.91. The van der Waals surface area contributed by atoms with Crippen LogP contribution in [0.4, 0.5) is 4.79 Å². The SMILES string of the molecule is [2H]C1([2H])N(C(=O)OC(C)(C)C)C([2H])([2H])C([2H])([2H])C([2H])(c2cccc(B3OC(C)(C)C(C)(C)O3)n2)C1([2H])[2H]. The summed E-state index contributed by atoms with van der Waals surface area (Å²) in [5.41, 5.74) is -3.25. The molecule has 3 heterocycles. The van der Waals surface area contributed by atoms with E-state index in [1.807, 2.05) is 0 Å². The van der Waals surface area contributed by atoms with Gasteiger partial charge in [-0.2, -0.15) is 0 Å². The number of nitrogens with zero attached hydrogens (tertiary/aromatic N) is 2. The highest BCUT2D eigenvalue weighted by molar-refractivity contribution is 6.61. The molecule has 0 aliphatic carbocycles. The predicted molar refractivity (Wildman–Crippen MR) is 110 cm³/mol. The molecule has 7 heteroatoms. The number of hydrogen-bond acceptors (Lipinski definition) is 5. The topological polar surface area (TPSA) is 60.9 Å². The molecule has 0 radical (unpaired) electrons. The van der Waals surface area contributed by atoms with Crippen molar-refractivity contribution in [2.24, 2.45) is 0 Å². The largest absolute Gasteiger partial charge is 0.514 e. The van der Waals surface area contributed by atoms with E-state index in [0.29, 0.717) is 0 Å². The number of likely N-dealkylation sites (tertiary alicyclic amines) is 1. The number of aromatic nitrogens is 1. The van der Waals surface area contributed by atoms with Gasteiger partial charge in [-0.25, -0.2) is 4.79 Å². The van der Waals surface area contributed by atoms with Gasteiger partial charge in [-0.15, -0.1) is 0 Å². The molecule has 1 aromatic heterocycles. The van der Waals surface area contributed by atoms with E-state index < -0.39 is 67.3 Å². The molecule has 2 aliphatic rings. The zero-order valence-corrected chi connectivity index (χ0v) is 17.3. The molecular weight excluding hydrogens is 355 g/mol. The number of carbonyl (C=O) groups excluding carboxylic acids is 1. The van der Waals surface area contributed by atoms with Crippen molar-refractivity contribution in [3.05, 3.63) is 23.9 Å². The Kier molecular flexibility index (Phi) is 3.19. The van der Waals surface area contributed by atoms with E-state index in [4.69, 9.17) is 26.4 Å². The van der Waals surface area contributed by atoms with E-state index in [1.165, 1.54) is 32.9 Å². The van der Waals surface area contributed by atoms with Crippen molar-refractivity contribution in [3.63, 3.8) is 0 Å². The summed E-state index contributed by atoms with van der Waals surface area (Å²) in [7, 11) is -1.05. The molecule has 0 saturated carbocycles. The Morgan fingerprint density at radius 1 is 1.25 bits per heavy atom. The summed E-state index contributed by atoms with van der Waals surface area (Å²) in [6, 6.07) is 3.95. The molecule has 0 spiro atoms. The van der Waals surface area contributed by atoms with Gasteiger partial charge in [-0.3, -0.25) is 4.98 Å². The summed E-state index contributed by atoms with van der Waals surface area (Å²) in [5.74, 6) is -3.27. The van der Waals surface area contributed by atoms with Crippen molar-refractivity contribution in [2.45, 2.75) is 83.9 Å². The summed E-state index contributed by atoms with van der Waals surface area (Å²) >= 11 is 0. The summed E-state index contributed by atoms with van der Waals surface area (Å²) in [4.78, 5) is 16.9. The van der Waals surface area contributed by atoms with Gasteiger partial charge in [0.2, 0.25) is 0 Å². The van der Waals surface area contributed by atoms with Crippen LogP contribution in [-0.4, -0.2) is 52.9 Å². The van der Waals surface area contributed by atoms with Gasteiger partial charge in [0.15, 0.2) is 0 Å². The van der Waals surface area contributed by atoms with Crippen molar-refractivity contribution >= 4 is 18.8 Å². The minimum absolute atomic E-state index is 0.0741. The maximum Gasteiger partial charge on any atom is 0.514 e. The van der Waals surface area contributed by atoms with Crippen LogP contribution in [0, 0.1) is 0 Å². The number of pyridine rings is 1. The second-order valence-corrected chi connectivity index (χ2v) is 8.70. The van der Waals surface area contributed by atoms with E-state index in [1.54, 1.807) is 27.7 Å². The van der Waals surface area contributed by atoms with Crippen LogP contribution < -0.4 is 5.59 Å². The van der Waals surface area contributed by atoms with Crippen LogP contribution in [-0.2, 0) is 14.0 Å². The van der Waals surface area contributed by atoms with E-state index in [0.717, 1.165) is 6.07 Å². The maximum atomic E-state index is 12.9. The van der Waals surface area contributed by atoms with Gasteiger partial charge in [0, 0.05) is 36.9 Å². The molecule has 3 rings (SSSR count). The lowest BCUT2D eigenvalue weighted by Crippen LogP contribution is -2.42. The second kappa shape index (κ2) is 7.34. The van der Waals surface area contributed by atoms with Crippen LogP contribution in [0.3, 0.4) is 0 Å². The minimum atomic E-state index is -3.53. The third-order valence-electron chi connectivity index (χ3n) is 4.68. The third kappa shape index (κ3) is 4.52. The first-order chi connectivity index (χ1) is 16.3. The molecule has 2 aliphatic heterocycles. The highest BCUT2D eigenvalue weighted by atomic mass is 16.7. The number of carbonyl (C=O) groups is 1. The lowest BCUT2D eigenvalue weighted by atomic mass is 9.83. The summed E-state index contributed by atoms with van der Waals surface area (Å²) in [5, 5.41) is 0. The van der Waals surface area contributed by atoms with Crippen molar-refractivity contribution < 1.29 is 31.2 Å². The lowest BCUT2D eigenvalue weighted by molar-refractivity contribution is 0.00578. The van der Waals surface area contributed by atoms with Gasteiger partial charge in [0.25, 0.3) is 0 Å². The minimum Gasteiger partial charge on any atom is -0.444 e. The Bertz CT molecular complexity index is 1050. The maximum absolute atomic E-state index is 12.9. The molecule has 0 bridgehead atoms. The zero-order valence-electron chi connectivity index (χ0n) is 26.3. The number of hydrogen-bond donors (Lipinski definition) is 0. The monoisotopic (exact) mass is 397 g/mol. The Morgan fingerprint density at radius 3 is 2.36 bits per heavy atom. The molecule has 0 unspecified atom stereocenters. The second-order valence-electron chi connectivity index (χ2n) is 8.70. The predicted octanol–water partition coefficient (Wildman–Crippen LogP) is 3.50. The molecular formula is C21H33BN2O4. The van der Waals surface area contributed by atoms with E-state index in [2.05, 4.69) is 4.98 Å². The first-order valence-electron chi connectivity index (χ1n) is 13.6. The van der Waals surface area contributed by atoms with Gasteiger partial charge in [0.1, 0.15) is 5.60 Å². The smallest absolute Gasteiger partial charge is 0.444 e. The Hall–Kier alpha value is -1.60. The van der Waals surface area contributed by atoms with Gasteiger partial charge in [-0.05, 0) is 73.3 Å². The normalized spacial score (nSPS) is 35.5. The Morgan fingerprint density at radius 2 is 1.82 bits per heavy atom. The van der Waals surface area contributed by atoms with Crippen molar-refractivity contribution in [1.82, 2.24) is 9.88 Å². The first-order valence-corrected chi connectivity index (χ1v) is 9.14. The highest BCUT2D eigenvalue weighted by Gasteiger charge is 2.52. The molecule has 2 saturated heterocycles. The highest BCUT2D eigenvalue weighted by Crippen LogP contribution is 2.36. The van der Waals surface area contributed by atoms with Gasteiger partial charge in [0.05, 0.1) is 16.8 Å².